The van der Waals surface area contributed by atoms with E-state index >= 15 is 0 Å². The van der Waals surface area contributed by atoms with Crippen molar-refractivity contribution in [3.8, 4) is 5.75 Å². The maximum absolute atomic E-state index is 12.2. The lowest BCUT2D eigenvalue weighted by atomic mass is 10.1. The van der Waals surface area contributed by atoms with E-state index in [0.717, 1.165) is 0 Å². The zero-order chi connectivity index (χ0) is 19.6. The summed E-state index contributed by atoms with van der Waals surface area (Å²) in [7, 11) is 1.57. The van der Waals surface area contributed by atoms with Crippen molar-refractivity contribution in [2.24, 2.45) is 10.8 Å². The summed E-state index contributed by atoms with van der Waals surface area (Å²) in [5.41, 5.74) is 8.90. The highest BCUT2D eigenvalue weighted by atomic mass is 32.1. The largest absolute Gasteiger partial charge is 0.497 e. The molecule has 0 saturated heterocycles. The minimum Gasteiger partial charge on any atom is -0.497 e. The number of methoxy groups -OCH3 is 1. The van der Waals surface area contributed by atoms with Gasteiger partial charge in [-0.25, -0.2) is 0 Å². The number of nitrogens with two attached hydrogens (primary N) is 1. The summed E-state index contributed by atoms with van der Waals surface area (Å²) in [5, 5.41) is 6.76. The molecular formula is C18H20N4O4S. The van der Waals surface area contributed by atoms with Crippen molar-refractivity contribution in [3.05, 3.63) is 48.4 Å². The summed E-state index contributed by atoms with van der Waals surface area (Å²) in [5.74, 6) is 0.455. The molecule has 0 spiro atoms. The number of nitrogens with zero attached hydrogens (tertiary/aromatic N) is 1. The number of ketones is 1. The number of thiocarbonyl (C=S) groups is 1. The number of hydrogen-bond donors (Lipinski definition) is 3. The fourth-order valence-corrected chi connectivity index (χ4v) is 2.23. The molecule has 27 heavy (non-hydrogen) atoms. The van der Waals surface area contributed by atoms with Gasteiger partial charge < -0.3 is 20.2 Å². The van der Waals surface area contributed by atoms with Crippen LogP contribution >= 0.6 is 12.2 Å². The number of amides is 1. The summed E-state index contributed by atoms with van der Waals surface area (Å²) in [6, 6.07) is 10.2. The van der Waals surface area contributed by atoms with Crippen LogP contribution in [-0.4, -0.2) is 29.6 Å². The molecule has 1 aromatic heterocycles. The van der Waals surface area contributed by atoms with Crippen LogP contribution in [0.2, 0.25) is 0 Å². The van der Waals surface area contributed by atoms with Gasteiger partial charge in [0.15, 0.2) is 10.9 Å². The van der Waals surface area contributed by atoms with Crippen molar-refractivity contribution in [2.75, 3.05) is 12.4 Å². The number of rotatable bonds is 9. The molecule has 142 valence electrons. The van der Waals surface area contributed by atoms with Gasteiger partial charge in [-0.2, -0.15) is 5.10 Å². The zero-order valence-corrected chi connectivity index (χ0v) is 15.5. The average Bonchev–Trinajstić information content (AvgIpc) is 3.19. The van der Waals surface area contributed by atoms with Crippen LogP contribution < -0.4 is 21.2 Å². The molecule has 0 radical (unpaired) electrons. The van der Waals surface area contributed by atoms with Crippen LogP contribution in [0, 0.1) is 0 Å². The molecule has 0 bridgehead atoms. The van der Waals surface area contributed by atoms with Crippen molar-refractivity contribution in [3.63, 3.8) is 0 Å². The van der Waals surface area contributed by atoms with E-state index in [1.165, 1.54) is 6.26 Å². The highest BCUT2D eigenvalue weighted by molar-refractivity contribution is 7.80. The van der Waals surface area contributed by atoms with Gasteiger partial charge in [0.1, 0.15) is 5.75 Å². The number of Topliss-reactive ketones (excluding diaryl/α,β-unsaturated/α-hetero) is 1. The van der Waals surface area contributed by atoms with Crippen molar-refractivity contribution in [1.29, 1.82) is 0 Å². The van der Waals surface area contributed by atoms with E-state index in [1.54, 1.807) is 43.5 Å². The van der Waals surface area contributed by atoms with Gasteiger partial charge in [0.2, 0.25) is 11.7 Å². The van der Waals surface area contributed by atoms with Gasteiger partial charge >= 0.3 is 0 Å². The number of carbonyl (C=O) groups is 2. The maximum Gasteiger partial charge on any atom is 0.224 e. The Morgan fingerprint density at radius 1 is 1.22 bits per heavy atom. The predicted octanol–water partition coefficient (Wildman–Crippen LogP) is 2.47. The van der Waals surface area contributed by atoms with Crippen LogP contribution in [0.5, 0.6) is 5.75 Å². The Hall–Kier alpha value is -3.20. The van der Waals surface area contributed by atoms with E-state index < -0.39 is 0 Å². The van der Waals surface area contributed by atoms with Crippen molar-refractivity contribution < 1.29 is 18.7 Å². The van der Waals surface area contributed by atoms with E-state index in [2.05, 4.69) is 15.8 Å². The summed E-state index contributed by atoms with van der Waals surface area (Å²) in [6.45, 7) is 0. The Morgan fingerprint density at radius 2 is 1.96 bits per heavy atom. The summed E-state index contributed by atoms with van der Waals surface area (Å²) < 4.78 is 10.2. The third kappa shape index (κ3) is 6.90. The molecule has 1 amide bonds. The molecule has 4 N–H and O–H groups in total. The van der Waals surface area contributed by atoms with Gasteiger partial charge in [0.05, 0.1) is 19.8 Å². The second-order valence-electron chi connectivity index (χ2n) is 5.51. The number of hydrazone groups is 1. The SMILES string of the molecule is COc1ccc(NC(=O)CCC(CC(=O)c2ccco2)=NNC(N)=S)cc1. The van der Waals surface area contributed by atoms with E-state index in [-0.39, 0.29) is 41.8 Å². The zero-order valence-electron chi connectivity index (χ0n) is 14.7. The monoisotopic (exact) mass is 388 g/mol. The van der Waals surface area contributed by atoms with Crippen LogP contribution in [0.25, 0.3) is 0 Å². The maximum atomic E-state index is 12.2. The van der Waals surface area contributed by atoms with Crippen LogP contribution in [-0.2, 0) is 4.79 Å². The molecule has 0 saturated carbocycles. The van der Waals surface area contributed by atoms with E-state index in [0.29, 0.717) is 17.1 Å². The number of hydrogen-bond acceptors (Lipinski definition) is 6. The first-order valence-electron chi connectivity index (χ1n) is 8.09. The highest BCUT2D eigenvalue weighted by Gasteiger charge is 2.14. The molecule has 8 nitrogen and oxygen atoms in total. The summed E-state index contributed by atoms with van der Waals surface area (Å²) >= 11 is 4.72. The minimum absolute atomic E-state index is 0.0149. The lowest BCUT2D eigenvalue weighted by Gasteiger charge is -2.08. The Bertz CT molecular complexity index is 816. The van der Waals surface area contributed by atoms with Crippen LogP contribution in [0.1, 0.15) is 29.8 Å². The highest BCUT2D eigenvalue weighted by Crippen LogP contribution is 2.15. The number of furan rings is 1. The summed E-state index contributed by atoms with van der Waals surface area (Å²) in [4.78, 5) is 24.3. The molecule has 2 aromatic rings. The van der Waals surface area contributed by atoms with Crippen molar-refractivity contribution in [2.45, 2.75) is 19.3 Å². The van der Waals surface area contributed by atoms with Crippen LogP contribution in [0.3, 0.4) is 0 Å². The Kier molecular flexibility index (Phi) is 7.50. The minimum atomic E-state index is -0.251. The molecule has 0 aliphatic rings. The standard InChI is InChI=1S/C18H20N4O4S/c1-25-14-7-4-12(5-8-14)20-17(24)9-6-13(21-22-18(19)27)11-15(23)16-3-2-10-26-16/h2-5,7-8,10H,6,9,11H2,1H3,(H,20,24)(H3,19,22,27). The molecule has 0 aliphatic heterocycles. The van der Waals surface area contributed by atoms with E-state index in [4.69, 9.17) is 27.1 Å². The van der Waals surface area contributed by atoms with Gasteiger partial charge in [0, 0.05) is 17.8 Å². The van der Waals surface area contributed by atoms with Gasteiger partial charge in [-0.3, -0.25) is 15.0 Å². The predicted molar refractivity (Wildman–Crippen MR) is 106 cm³/mol. The van der Waals surface area contributed by atoms with Crippen molar-refractivity contribution in [1.82, 2.24) is 5.43 Å². The second-order valence-corrected chi connectivity index (χ2v) is 5.95. The molecule has 0 unspecified atom stereocenters. The van der Waals surface area contributed by atoms with Gasteiger partial charge in [0.25, 0.3) is 0 Å². The third-order valence-corrected chi connectivity index (χ3v) is 3.59. The van der Waals surface area contributed by atoms with Gasteiger partial charge in [-0.1, -0.05) is 0 Å². The molecular weight excluding hydrogens is 368 g/mol. The first-order chi connectivity index (χ1) is 13.0. The first-order valence-corrected chi connectivity index (χ1v) is 8.50. The fourth-order valence-electron chi connectivity index (χ4n) is 2.18. The fraction of sp³-hybridized carbons (Fsp3) is 0.222. The lowest BCUT2D eigenvalue weighted by Crippen LogP contribution is -2.26. The first kappa shape index (κ1) is 20.1. The lowest BCUT2D eigenvalue weighted by molar-refractivity contribution is -0.116. The second kappa shape index (κ2) is 10.1. The van der Waals surface area contributed by atoms with Crippen LogP contribution in [0.15, 0.2) is 52.2 Å². The van der Waals surface area contributed by atoms with Crippen LogP contribution in [0.4, 0.5) is 5.69 Å². The number of carbonyl (C=O) groups excluding carboxylic acids is 2. The van der Waals surface area contributed by atoms with Gasteiger partial charge in [-0.15, -0.1) is 0 Å². The number of anilines is 1. The molecule has 0 aliphatic carbocycles. The number of ether oxygens (including phenoxy) is 1. The molecule has 1 aromatic carbocycles. The van der Waals surface area contributed by atoms with E-state index in [1.807, 2.05) is 0 Å². The summed E-state index contributed by atoms with van der Waals surface area (Å²) in [6.07, 6.45) is 1.79. The number of nitrogens with one attached hydrogen (secondary N) is 2. The normalized spacial score (nSPS) is 10.9. The Morgan fingerprint density at radius 3 is 2.56 bits per heavy atom. The third-order valence-electron chi connectivity index (χ3n) is 3.50. The molecule has 0 fully saturated rings. The Labute approximate surface area is 161 Å². The smallest absolute Gasteiger partial charge is 0.224 e. The van der Waals surface area contributed by atoms with E-state index in [9.17, 15) is 9.59 Å². The molecule has 9 heteroatoms. The molecule has 0 atom stereocenters. The topological polar surface area (TPSA) is 119 Å². The molecule has 1 heterocycles. The average molecular weight is 388 g/mol. The Balaban J connectivity index is 1.93. The quantitative estimate of drug-likeness (QED) is 0.261. The number of benzene rings is 1. The van der Waals surface area contributed by atoms with Gasteiger partial charge in [-0.05, 0) is 55.0 Å². The van der Waals surface area contributed by atoms with Crippen molar-refractivity contribution >= 4 is 40.4 Å². The molecule has 2 rings (SSSR count).